The SMILES string of the molecule is Nc1cnc(C(=O)NCC2Cc3ccccc32)cn1. The fraction of sp³-hybridized carbons (Fsp3) is 0.214. The molecule has 1 amide bonds. The molecule has 1 aromatic heterocycles. The first-order chi connectivity index (χ1) is 9.24. The summed E-state index contributed by atoms with van der Waals surface area (Å²) in [5.74, 6) is 0.503. The standard InChI is InChI=1S/C14H14N4O/c15-13-8-16-12(7-17-13)14(19)18-6-10-5-9-3-1-2-4-11(9)10/h1-4,7-8,10H,5-6H2,(H2,15,17)(H,18,19). The number of hydrogen-bond donors (Lipinski definition) is 2. The third kappa shape index (κ3) is 2.27. The second kappa shape index (κ2) is 4.68. The first-order valence-electron chi connectivity index (χ1n) is 6.17. The molecule has 0 bridgehead atoms. The van der Waals surface area contributed by atoms with Crippen LogP contribution in [0.15, 0.2) is 36.7 Å². The quantitative estimate of drug-likeness (QED) is 0.860. The van der Waals surface area contributed by atoms with E-state index in [1.807, 2.05) is 12.1 Å². The zero-order valence-electron chi connectivity index (χ0n) is 10.3. The van der Waals surface area contributed by atoms with Gasteiger partial charge in [0.25, 0.3) is 5.91 Å². The summed E-state index contributed by atoms with van der Waals surface area (Å²) < 4.78 is 0. The molecule has 1 unspecified atom stereocenters. The van der Waals surface area contributed by atoms with Crippen LogP contribution in [0.5, 0.6) is 0 Å². The number of carbonyl (C=O) groups is 1. The van der Waals surface area contributed by atoms with Crippen LogP contribution in [-0.4, -0.2) is 22.4 Å². The predicted octanol–water partition coefficient (Wildman–Crippen LogP) is 1.13. The monoisotopic (exact) mass is 254 g/mol. The Bertz CT molecular complexity index is 609. The Hall–Kier alpha value is -2.43. The number of amides is 1. The van der Waals surface area contributed by atoms with Crippen molar-refractivity contribution < 1.29 is 4.79 Å². The molecule has 0 spiro atoms. The molecule has 3 rings (SSSR count). The molecule has 0 aliphatic heterocycles. The molecule has 1 aliphatic carbocycles. The zero-order valence-corrected chi connectivity index (χ0v) is 10.3. The Morgan fingerprint density at radius 1 is 1.32 bits per heavy atom. The molecule has 96 valence electrons. The van der Waals surface area contributed by atoms with Crippen LogP contribution < -0.4 is 11.1 Å². The van der Waals surface area contributed by atoms with Gasteiger partial charge >= 0.3 is 0 Å². The minimum absolute atomic E-state index is 0.211. The van der Waals surface area contributed by atoms with Gasteiger partial charge in [0.2, 0.25) is 0 Å². The smallest absolute Gasteiger partial charge is 0.271 e. The molecule has 5 nitrogen and oxygen atoms in total. The van der Waals surface area contributed by atoms with Crippen molar-refractivity contribution >= 4 is 11.7 Å². The third-order valence-electron chi connectivity index (χ3n) is 3.37. The number of rotatable bonds is 3. The number of nitrogen functional groups attached to an aromatic ring is 1. The zero-order chi connectivity index (χ0) is 13.2. The van der Waals surface area contributed by atoms with E-state index in [9.17, 15) is 4.79 Å². The average Bonchev–Trinajstić information content (AvgIpc) is 2.40. The summed E-state index contributed by atoms with van der Waals surface area (Å²) in [7, 11) is 0. The number of nitrogens with one attached hydrogen (secondary N) is 1. The molecule has 3 N–H and O–H groups in total. The van der Waals surface area contributed by atoms with Crippen molar-refractivity contribution in [2.45, 2.75) is 12.3 Å². The van der Waals surface area contributed by atoms with Gasteiger partial charge in [-0.15, -0.1) is 0 Å². The second-order valence-corrected chi connectivity index (χ2v) is 4.64. The van der Waals surface area contributed by atoms with Gasteiger partial charge in [-0.05, 0) is 17.5 Å². The molecule has 1 heterocycles. The summed E-state index contributed by atoms with van der Waals surface area (Å²) in [6.07, 6.45) is 3.79. The second-order valence-electron chi connectivity index (χ2n) is 4.64. The van der Waals surface area contributed by atoms with Crippen LogP contribution in [0.1, 0.15) is 27.5 Å². The Balaban J connectivity index is 1.59. The summed E-state index contributed by atoms with van der Waals surface area (Å²) in [5, 5.41) is 2.88. The fourth-order valence-corrected chi connectivity index (χ4v) is 2.31. The van der Waals surface area contributed by atoms with E-state index in [0.29, 0.717) is 24.0 Å². The van der Waals surface area contributed by atoms with E-state index in [1.165, 1.54) is 23.5 Å². The lowest BCUT2D eigenvalue weighted by Crippen LogP contribution is -2.33. The Morgan fingerprint density at radius 2 is 2.16 bits per heavy atom. The number of nitrogens with zero attached hydrogens (tertiary/aromatic N) is 2. The van der Waals surface area contributed by atoms with Crippen molar-refractivity contribution in [2.24, 2.45) is 0 Å². The molecular formula is C14H14N4O. The minimum Gasteiger partial charge on any atom is -0.382 e. The summed E-state index contributed by atoms with van der Waals surface area (Å²) in [4.78, 5) is 19.7. The normalized spacial score (nSPS) is 16.3. The minimum atomic E-state index is -0.211. The number of anilines is 1. The van der Waals surface area contributed by atoms with Crippen molar-refractivity contribution in [2.75, 3.05) is 12.3 Å². The van der Waals surface area contributed by atoms with Crippen LogP contribution in [0.25, 0.3) is 0 Å². The Kier molecular flexibility index (Phi) is 2.87. The molecule has 2 aromatic rings. The van der Waals surface area contributed by atoms with Crippen LogP contribution in [0.4, 0.5) is 5.82 Å². The largest absolute Gasteiger partial charge is 0.382 e. The Labute approximate surface area is 110 Å². The number of hydrogen-bond acceptors (Lipinski definition) is 4. The van der Waals surface area contributed by atoms with E-state index >= 15 is 0 Å². The van der Waals surface area contributed by atoms with Gasteiger partial charge in [-0.1, -0.05) is 24.3 Å². The van der Waals surface area contributed by atoms with Gasteiger partial charge in [0, 0.05) is 12.5 Å². The van der Waals surface area contributed by atoms with Crippen LogP contribution in [0.2, 0.25) is 0 Å². The number of carbonyl (C=O) groups excluding carboxylic acids is 1. The topological polar surface area (TPSA) is 80.9 Å². The molecule has 0 saturated carbocycles. The predicted molar refractivity (Wildman–Crippen MR) is 71.7 cm³/mol. The average molecular weight is 254 g/mol. The van der Waals surface area contributed by atoms with Gasteiger partial charge in [0.05, 0.1) is 12.4 Å². The molecule has 1 aromatic carbocycles. The molecule has 0 saturated heterocycles. The molecule has 1 aliphatic rings. The highest BCUT2D eigenvalue weighted by atomic mass is 16.1. The fourth-order valence-electron chi connectivity index (χ4n) is 2.31. The maximum atomic E-state index is 11.9. The summed E-state index contributed by atoms with van der Waals surface area (Å²) in [6.45, 7) is 0.627. The van der Waals surface area contributed by atoms with Gasteiger partial charge in [0.1, 0.15) is 11.5 Å². The molecule has 0 radical (unpaired) electrons. The van der Waals surface area contributed by atoms with Crippen molar-refractivity contribution in [3.63, 3.8) is 0 Å². The number of aromatic nitrogens is 2. The number of benzene rings is 1. The van der Waals surface area contributed by atoms with E-state index in [1.54, 1.807) is 0 Å². The maximum Gasteiger partial charge on any atom is 0.271 e. The Morgan fingerprint density at radius 3 is 2.89 bits per heavy atom. The maximum absolute atomic E-state index is 11.9. The van der Waals surface area contributed by atoms with Gasteiger partial charge in [-0.3, -0.25) is 4.79 Å². The first-order valence-corrected chi connectivity index (χ1v) is 6.17. The van der Waals surface area contributed by atoms with Crippen molar-refractivity contribution in [1.82, 2.24) is 15.3 Å². The van der Waals surface area contributed by atoms with E-state index in [4.69, 9.17) is 5.73 Å². The number of nitrogens with two attached hydrogens (primary N) is 1. The van der Waals surface area contributed by atoms with E-state index in [2.05, 4.69) is 27.4 Å². The molecular weight excluding hydrogens is 240 g/mol. The van der Waals surface area contributed by atoms with Gasteiger partial charge < -0.3 is 11.1 Å². The highest BCUT2D eigenvalue weighted by Crippen LogP contribution is 2.33. The van der Waals surface area contributed by atoms with Crippen LogP contribution in [0.3, 0.4) is 0 Å². The lowest BCUT2D eigenvalue weighted by molar-refractivity contribution is 0.0944. The van der Waals surface area contributed by atoms with Gasteiger partial charge in [0.15, 0.2) is 0 Å². The van der Waals surface area contributed by atoms with Crippen LogP contribution in [-0.2, 0) is 6.42 Å². The van der Waals surface area contributed by atoms with Gasteiger partial charge in [-0.2, -0.15) is 0 Å². The summed E-state index contributed by atoms with van der Waals surface area (Å²) in [5.41, 5.74) is 8.42. The third-order valence-corrected chi connectivity index (χ3v) is 3.37. The van der Waals surface area contributed by atoms with E-state index in [0.717, 1.165) is 6.42 Å². The van der Waals surface area contributed by atoms with E-state index in [-0.39, 0.29) is 5.91 Å². The summed E-state index contributed by atoms with van der Waals surface area (Å²) in [6, 6.07) is 8.30. The van der Waals surface area contributed by atoms with E-state index < -0.39 is 0 Å². The molecule has 5 heteroatoms. The molecule has 0 fully saturated rings. The van der Waals surface area contributed by atoms with Crippen molar-refractivity contribution in [3.05, 3.63) is 53.5 Å². The molecule has 19 heavy (non-hydrogen) atoms. The van der Waals surface area contributed by atoms with Crippen molar-refractivity contribution in [1.29, 1.82) is 0 Å². The highest BCUT2D eigenvalue weighted by molar-refractivity contribution is 5.92. The number of fused-ring (bicyclic) bond motifs is 1. The molecule has 1 atom stereocenters. The van der Waals surface area contributed by atoms with Crippen LogP contribution in [0, 0.1) is 0 Å². The highest BCUT2D eigenvalue weighted by Gasteiger charge is 2.25. The van der Waals surface area contributed by atoms with Gasteiger partial charge in [-0.25, -0.2) is 9.97 Å². The first kappa shape index (κ1) is 11.6. The van der Waals surface area contributed by atoms with Crippen molar-refractivity contribution in [3.8, 4) is 0 Å². The lowest BCUT2D eigenvalue weighted by atomic mass is 9.77. The van der Waals surface area contributed by atoms with Crippen LogP contribution >= 0.6 is 0 Å². The lowest BCUT2D eigenvalue weighted by Gasteiger charge is -2.30. The summed E-state index contributed by atoms with van der Waals surface area (Å²) >= 11 is 0.